The molecule has 1 aliphatic rings. The minimum absolute atomic E-state index is 0.508. The lowest BCUT2D eigenvalue weighted by Crippen LogP contribution is -2.26. The number of aromatic nitrogens is 3. The molecule has 0 amide bonds. The Morgan fingerprint density at radius 3 is 2.78 bits per heavy atom. The fourth-order valence-electron chi connectivity index (χ4n) is 5.11. The van der Waals surface area contributed by atoms with E-state index < -0.39 is 0 Å². The van der Waals surface area contributed by atoms with Crippen molar-refractivity contribution in [3.63, 3.8) is 0 Å². The van der Waals surface area contributed by atoms with Crippen LogP contribution in [-0.2, 0) is 13.0 Å². The van der Waals surface area contributed by atoms with Gasteiger partial charge >= 0.3 is 0 Å². The Morgan fingerprint density at radius 2 is 2.00 bits per heavy atom. The van der Waals surface area contributed by atoms with Crippen LogP contribution in [0.4, 0.5) is 0 Å². The van der Waals surface area contributed by atoms with Gasteiger partial charge in [0.15, 0.2) is 0 Å². The highest BCUT2D eigenvalue weighted by Crippen LogP contribution is 2.37. The minimum Gasteiger partial charge on any atom is -0.335 e. The first-order chi connectivity index (χ1) is 15.6. The summed E-state index contributed by atoms with van der Waals surface area (Å²) < 4.78 is 2.26. The minimum atomic E-state index is 0.508. The van der Waals surface area contributed by atoms with E-state index in [0.717, 1.165) is 61.6 Å². The summed E-state index contributed by atoms with van der Waals surface area (Å²) in [6.07, 6.45) is 8.20. The van der Waals surface area contributed by atoms with E-state index in [1.807, 2.05) is 24.7 Å². The van der Waals surface area contributed by atoms with E-state index in [2.05, 4.69) is 53.0 Å². The van der Waals surface area contributed by atoms with Crippen LogP contribution in [0.15, 0.2) is 48.9 Å². The van der Waals surface area contributed by atoms with E-state index in [1.54, 1.807) is 0 Å². The summed E-state index contributed by atoms with van der Waals surface area (Å²) in [5.74, 6) is 0.508. The van der Waals surface area contributed by atoms with Crippen LogP contribution in [0.3, 0.4) is 0 Å². The number of piperidine rings is 1. The van der Waals surface area contributed by atoms with E-state index >= 15 is 0 Å². The second-order valence-corrected chi connectivity index (χ2v) is 9.39. The molecule has 0 aliphatic carbocycles. The first kappa shape index (κ1) is 21.3. The molecule has 0 bridgehead atoms. The second-order valence-electron chi connectivity index (χ2n) is 8.95. The van der Waals surface area contributed by atoms with Crippen molar-refractivity contribution in [3.05, 3.63) is 76.5 Å². The van der Waals surface area contributed by atoms with Gasteiger partial charge in [0, 0.05) is 59.6 Å². The van der Waals surface area contributed by atoms with Gasteiger partial charge in [-0.3, -0.25) is 0 Å². The molecule has 0 saturated carbocycles. The van der Waals surface area contributed by atoms with E-state index in [-0.39, 0.29) is 0 Å². The molecule has 4 nitrogen and oxygen atoms in total. The van der Waals surface area contributed by atoms with Gasteiger partial charge in [-0.2, -0.15) is 0 Å². The maximum atomic E-state index is 6.52. The summed E-state index contributed by atoms with van der Waals surface area (Å²) >= 11 is 6.52. The van der Waals surface area contributed by atoms with Crippen LogP contribution in [0, 0.1) is 13.8 Å². The average Bonchev–Trinajstić information content (AvgIpc) is 3.06. The summed E-state index contributed by atoms with van der Waals surface area (Å²) in [5.41, 5.74) is 6.23. The lowest BCUT2D eigenvalue weighted by molar-refractivity contribution is 0.464. The number of hydrogen-bond acceptors (Lipinski definition) is 3. The Balaban J connectivity index is 1.63. The molecule has 0 spiro atoms. The molecule has 32 heavy (non-hydrogen) atoms. The van der Waals surface area contributed by atoms with Crippen LogP contribution >= 0.6 is 11.6 Å². The molecular weight excluding hydrogens is 416 g/mol. The van der Waals surface area contributed by atoms with Crippen molar-refractivity contribution in [2.75, 3.05) is 13.1 Å². The van der Waals surface area contributed by atoms with Gasteiger partial charge in [0.1, 0.15) is 10.5 Å². The molecule has 1 N–H and O–H groups in total. The van der Waals surface area contributed by atoms with Gasteiger partial charge in [0.2, 0.25) is 0 Å². The molecule has 3 heterocycles. The van der Waals surface area contributed by atoms with E-state index in [9.17, 15) is 0 Å². The lowest BCUT2D eigenvalue weighted by Gasteiger charge is -2.22. The third-order valence-corrected chi connectivity index (χ3v) is 7.21. The Kier molecular flexibility index (Phi) is 6.07. The maximum Gasteiger partial charge on any atom is 0.115 e. The average molecular weight is 446 g/mol. The molecule has 2 aromatic carbocycles. The fraction of sp³-hybridized carbons (Fsp3) is 0.370. The first-order valence-corrected chi connectivity index (χ1v) is 12.0. The standard InChI is InChI=1S/C27H30ClN4/c1-18-19(2)32(17-31-18)14-4-6-21-15-22-5-3-11-30-27(22)26(20-9-12-29-13-10-20)24-8-7-23(28)16-25(21)24/h3,5,7-8,11,15-17,20,29H,4,6,9-10,12-14H2,1-2H3/q+1. The Bertz CT molecular complexity index is 1280. The number of pyridine rings is 1. The molecule has 1 aliphatic heterocycles. The van der Waals surface area contributed by atoms with Gasteiger partial charge in [-0.1, -0.05) is 0 Å². The predicted octanol–water partition coefficient (Wildman–Crippen LogP) is 6.24. The van der Waals surface area contributed by atoms with Gasteiger partial charge in [-0.15, -0.1) is 0 Å². The molecular formula is C27H30ClN4+. The molecule has 0 radical (unpaired) electrons. The number of fused-ring (bicyclic) bond motifs is 2. The highest BCUT2D eigenvalue weighted by atomic mass is 35.5. The van der Waals surface area contributed by atoms with Gasteiger partial charge in [0.25, 0.3) is 0 Å². The van der Waals surface area contributed by atoms with Crippen molar-refractivity contribution in [1.82, 2.24) is 19.9 Å². The Labute approximate surface area is 194 Å². The number of nitrogens with zero attached hydrogens (tertiary/aromatic N) is 3. The van der Waals surface area contributed by atoms with Gasteiger partial charge < -0.3 is 9.88 Å². The van der Waals surface area contributed by atoms with E-state index in [0.29, 0.717) is 5.92 Å². The predicted molar refractivity (Wildman–Crippen MR) is 134 cm³/mol. The SMILES string of the molecule is Cc1ncn(CCCc2cc3cccnc3c(C3CCNCC3)c3ccc(Cl)c[c+]23)c1C. The summed E-state index contributed by atoms with van der Waals surface area (Å²) in [7, 11) is 0. The third-order valence-electron chi connectivity index (χ3n) is 6.98. The van der Waals surface area contributed by atoms with Gasteiger partial charge in [-0.25, -0.2) is 9.97 Å². The van der Waals surface area contributed by atoms with Crippen LogP contribution in [0.2, 0.25) is 5.02 Å². The summed E-state index contributed by atoms with van der Waals surface area (Å²) in [4.78, 5) is 9.34. The number of benzene rings is 1. The molecule has 1 saturated heterocycles. The quantitative estimate of drug-likeness (QED) is 0.370. The Hall–Kier alpha value is -2.56. The number of aryl methyl sites for hydroxylation is 3. The van der Waals surface area contributed by atoms with Crippen LogP contribution in [0.1, 0.15) is 47.7 Å². The highest BCUT2D eigenvalue weighted by molar-refractivity contribution is 6.31. The molecule has 2 aromatic heterocycles. The number of nitrogens with one attached hydrogen (secondary N) is 1. The molecule has 5 rings (SSSR count). The smallest absolute Gasteiger partial charge is 0.115 e. The normalized spacial score (nSPS) is 15.0. The van der Waals surface area contributed by atoms with Gasteiger partial charge in [-0.05, 0) is 76.4 Å². The zero-order valence-corrected chi connectivity index (χ0v) is 19.6. The van der Waals surface area contributed by atoms with Crippen LogP contribution < -0.4 is 5.32 Å². The van der Waals surface area contributed by atoms with Crippen LogP contribution in [0.5, 0.6) is 0 Å². The first-order valence-electron chi connectivity index (χ1n) is 11.6. The number of rotatable bonds is 5. The summed E-state index contributed by atoms with van der Waals surface area (Å²) in [5, 5.41) is 8.09. The fourth-order valence-corrected chi connectivity index (χ4v) is 5.28. The van der Waals surface area contributed by atoms with Crippen molar-refractivity contribution >= 4 is 33.3 Å². The Morgan fingerprint density at radius 1 is 1.16 bits per heavy atom. The summed E-state index contributed by atoms with van der Waals surface area (Å²) in [6.45, 7) is 7.29. The number of imidazole rings is 1. The topological polar surface area (TPSA) is 42.7 Å². The lowest BCUT2D eigenvalue weighted by atomic mass is 9.87. The van der Waals surface area contributed by atoms with Crippen LogP contribution in [0.25, 0.3) is 21.7 Å². The molecule has 1 fully saturated rings. The molecule has 4 aromatic rings. The van der Waals surface area contributed by atoms with Crippen molar-refractivity contribution in [3.8, 4) is 0 Å². The molecule has 0 unspecified atom stereocenters. The highest BCUT2D eigenvalue weighted by Gasteiger charge is 2.25. The summed E-state index contributed by atoms with van der Waals surface area (Å²) in [6, 6.07) is 13.0. The molecule has 5 heteroatoms. The van der Waals surface area contributed by atoms with Crippen molar-refractivity contribution in [2.45, 2.75) is 52.0 Å². The van der Waals surface area contributed by atoms with Crippen LogP contribution in [-0.4, -0.2) is 27.6 Å². The van der Waals surface area contributed by atoms with E-state index in [4.69, 9.17) is 16.6 Å². The van der Waals surface area contributed by atoms with Crippen molar-refractivity contribution < 1.29 is 0 Å². The van der Waals surface area contributed by atoms with Crippen molar-refractivity contribution in [1.29, 1.82) is 0 Å². The second kappa shape index (κ2) is 9.13. The zero-order valence-electron chi connectivity index (χ0n) is 18.9. The van der Waals surface area contributed by atoms with E-state index in [1.165, 1.54) is 33.0 Å². The monoisotopic (exact) mass is 445 g/mol. The largest absolute Gasteiger partial charge is 0.335 e. The molecule has 0 atom stereocenters. The van der Waals surface area contributed by atoms with Gasteiger partial charge in [0.05, 0.1) is 28.4 Å². The zero-order chi connectivity index (χ0) is 22.1. The number of halogens is 1. The maximum absolute atomic E-state index is 6.52. The third kappa shape index (κ3) is 4.10. The number of hydrogen-bond donors (Lipinski definition) is 1. The van der Waals surface area contributed by atoms with Crippen molar-refractivity contribution in [2.24, 2.45) is 0 Å². The molecule has 164 valence electrons.